The molecule has 2 N–H and O–H groups in total. The summed E-state index contributed by atoms with van der Waals surface area (Å²) in [5.41, 5.74) is 5.19. The van der Waals surface area contributed by atoms with E-state index in [2.05, 4.69) is 4.84 Å². The second-order valence-electron chi connectivity index (χ2n) is 3.26. The van der Waals surface area contributed by atoms with Crippen LogP contribution in [0.3, 0.4) is 0 Å². The van der Waals surface area contributed by atoms with Crippen molar-refractivity contribution in [3.05, 3.63) is 23.9 Å². The van der Waals surface area contributed by atoms with Crippen molar-refractivity contribution in [3.63, 3.8) is 0 Å². The fourth-order valence-corrected chi connectivity index (χ4v) is 1.02. The third kappa shape index (κ3) is 3.27. The lowest BCUT2D eigenvalue weighted by Crippen LogP contribution is -2.37. The van der Waals surface area contributed by atoms with Crippen LogP contribution in [0.2, 0.25) is 0 Å². The first-order valence-corrected chi connectivity index (χ1v) is 4.48. The predicted molar refractivity (Wildman–Crippen MR) is 49.7 cm³/mol. The number of nitrogens with two attached hydrogens (primary N) is 1. The lowest BCUT2D eigenvalue weighted by molar-refractivity contribution is -0.276. The predicted octanol–water partition coefficient (Wildman–Crippen LogP) is 1.11. The number of hydrogen-bond acceptors (Lipinski definition) is 3. The average molecular weight is 236 g/mol. The Labute approximate surface area is 90.1 Å². The van der Waals surface area contributed by atoms with Crippen LogP contribution in [0.25, 0.3) is 0 Å². The van der Waals surface area contributed by atoms with E-state index >= 15 is 0 Å². The number of halogens is 3. The number of hydroxylamine groups is 2. The number of amides is 1. The van der Waals surface area contributed by atoms with Gasteiger partial charge in [-0.2, -0.15) is 13.2 Å². The number of alkyl halides is 3. The SMILES string of the molecule is CC(ON1C=CC=C(C(N)=O)C1)C(F)(F)F. The Bertz CT molecular complexity index is 336. The van der Waals surface area contributed by atoms with Gasteiger partial charge in [-0.1, -0.05) is 6.08 Å². The zero-order chi connectivity index (χ0) is 12.3. The minimum atomic E-state index is -4.44. The Hall–Kier alpha value is -1.50. The first-order valence-electron chi connectivity index (χ1n) is 4.48. The molecule has 0 saturated heterocycles. The van der Waals surface area contributed by atoms with Crippen molar-refractivity contribution in [2.24, 2.45) is 5.73 Å². The van der Waals surface area contributed by atoms with Crippen LogP contribution >= 0.6 is 0 Å². The third-order valence-electron chi connectivity index (χ3n) is 1.95. The van der Waals surface area contributed by atoms with Gasteiger partial charge in [0.2, 0.25) is 5.91 Å². The second kappa shape index (κ2) is 4.56. The fourth-order valence-electron chi connectivity index (χ4n) is 1.02. The number of carbonyl (C=O) groups excluding carboxylic acids is 1. The summed E-state index contributed by atoms with van der Waals surface area (Å²) in [6.07, 6.45) is -2.26. The summed E-state index contributed by atoms with van der Waals surface area (Å²) in [6, 6.07) is 0. The zero-order valence-corrected chi connectivity index (χ0v) is 8.49. The Kier molecular flexibility index (Phi) is 3.58. The lowest BCUT2D eigenvalue weighted by atomic mass is 10.2. The van der Waals surface area contributed by atoms with Gasteiger partial charge in [0, 0.05) is 11.8 Å². The summed E-state index contributed by atoms with van der Waals surface area (Å²) in [6.45, 7) is 0.794. The fraction of sp³-hybridized carbons (Fsp3) is 0.444. The molecule has 0 aromatic rings. The maximum atomic E-state index is 12.2. The molecule has 0 aromatic carbocycles. The molecule has 1 unspecified atom stereocenters. The van der Waals surface area contributed by atoms with Crippen LogP contribution in [0.5, 0.6) is 0 Å². The highest BCUT2D eigenvalue weighted by Gasteiger charge is 2.38. The molecule has 7 heteroatoms. The number of nitrogens with zero attached hydrogens (tertiary/aromatic N) is 1. The van der Waals surface area contributed by atoms with Crippen molar-refractivity contribution < 1.29 is 22.8 Å². The normalized spacial score (nSPS) is 18.2. The van der Waals surface area contributed by atoms with Gasteiger partial charge in [-0.3, -0.25) is 14.7 Å². The number of rotatable bonds is 3. The molecule has 0 bridgehead atoms. The quantitative estimate of drug-likeness (QED) is 0.798. The monoisotopic (exact) mass is 236 g/mol. The topological polar surface area (TPSA) is 55.6 Å². The number of primary amides is 1. The average Bonchev–Trinajstić information content (AvgIpc) is 2.16. The molecule has 1 heterocycles. The molecule has 0 aliphatic carbocycles. The minimum Gasteiger partial charge on any atom is -0.366 e. The molecular weight excluding hydrogens is 225 g/mol. The van der Waals surface area contributed by atoms with Gasteiger partial charge in [-0.25, -0.2) is 0 Å². The number of hydrogen-bond donors (Lipinski definition) is 1. The zero-order valence-electron chi connectivity index (χ0n) is 8.49. The Morgan fingerprint density at radius 2 is 2.25 bits per heavy atom. The second-order valence-corrected chi connectivity index (χ2v) is 3.26. The van der Waals surface area contributed by atoms with Crippen molar-refractivity contribution in [1.29, 1.82) is 0 Å². The van der Waals surface area contributed by atoms with Crippen LogP contribution in [0.15, 0.2) is 23.9 Å². The maximum Gasteiger partial charge on any atom is 0.416 e. The van der Waals surface area contributed by atoms with Crippen LogP contribution in [0, 0.1) is 0 Å². The van der Waals surface area contributed by atoms with Gasteiger partial charge < -0.3 is 5.73 Å². The van der Waals surface area contributed by atoms with Gasteiger partial charge in [0.25, 0.3) is 0 Å². The third-order valence-corrected chi connectivity index (χ3v) is 1.95. The Morgan fingerprint density at radius 1 is 1.62 bits per heavy atom. The van der Waals surface area contributed by atoms with E-state index in [0.717, 1.165) is 12.0 Å². The summed E-state index contributed by atoms with van der Waals surface area (Å²) in [7, 11) is 0. The van der Waals surface area contributed by atoms with Crippen LogP contribution in [0.1, 0.15) is 6.92 Å². The van der Waals surface area contributed by atoms with Gasteiger partial charge >= 0.3 is 6.18 Å². The highest BCUT2D eigenvalue weighted by atomic mass is 19.4. The van der Waals surface area contributed by atoms with Gasteiger partial charge in [-0.05, 0) is 13.0 Å². The van der Waals surface area contributed by atoms with Crippen LogP contribution < -0.4 is 5.73 Å². The molecular formula is C9H11F3N2O2. The summed E-state index contributed by atoms with van der Waals surface area (Å²) in [4.78, 5) is 15.4. The minimum absolute atomic E-state index is 0.0910. The van der Waals surface area contributed by atoms with E-state index in [-0.39, 0.29) is 12.1 Å². The molecule has 1 atom stereocenters. The highest BCUT2D eigenvalue weighted by Crippen LogP contribution is 2.24. The molecule has 90 valence electrons. The van der Waals surface area contributed by atoms with E-state index in [4.69, 9.17) is 5.73 Å². The van der Waals surface area contributed by atoms with E-state index in [9.17, 15) is 18.0 Å². The van der Waals surface area contributed by atoms with Crippen molar-refractivity contribution in [1.82, 2.24) is 5.06 Å². The maximum absolute atomic E-state index is 12.2. The summed E-state index contributed by atoms with van der Waals surface area (Å²) >= 11 is 0. The molecule has 1 aliphatic heterocycles. The first-order chi connectivity index (χ1) is 7.30. The lowest BCUT2D eigenvalue weighted by Gasteiger charge is -2.27. The molecule has 4 nitrogen and oxygen atoms in total. The van der Waals surface area contributed by atoms with Crippen LogP contribution in [0.4, 0.5) is 13.2 Å². The Balaban J connectivity index is 2.57. The van der Waals surface area contributed by atoms with Crippen LogP contribution in [-0.4, -0.2) is 29.8 Å². The molecule has 1 amide bonds. The number of allylic oxidation sites excluding steroid dienone is 2. The van der Waals surface area contributed by atoms with E-state index in [1.807, 2.05) is 0 Å². The molecule has 16 heavy (non-hydrogen) atoms. The smallest absolute Gasteiger partial charge is 0.366 e. The summed E-state index contributed by atoms with van der Waals surface area (Å²) in [5.74, 6) is -0.683. The van der Waals surface area contributed by atoms with Crippen molar-refractivity contribution >= 4 is 5.91 Å². The van der Waals surface area contributed by atoms with Crippen molar-refractivity contribution in [3.8, 4) is 0 Å². The van der Waals surface area contributed by atoms with Gasteiger partial charge in [0.15, 0.2) is 6.10 Å². The Morgan fingerprint density at radius 3 is 2.75 bits per heavy atom. The van der Waals surface area contributed by atoms with Crippen molar-refractivity contribution in [2.45, 2.75) is 19.2 Å². The van der Waals surface area contributed by atoms with Crippen molar-refractivity contribution in [2.75, 3.05) is 6.54 Å². The summed E-state index contributed by atoms with van der Waals surface area (Å²) in [5, 5.41) is 0.929. The molecule has 0 fully saturated rings. The highest BCUT2D eigenvalue weighted by molar-refractivity contribution is 5.92. The van der Waals surface area contributed by atoms with Gasteiger partial charge in [0.05, 0.1) is 6.54 Å². The molecule has 0 saturated carbocycles. The standard InChI is InChI=1S/C9H11F3N2O2/c1-6(9(10,11)12)16-14-4-2-3-7(5-14)8(13)15/h2-4,6H,5H2,1H3,(H2,13,15). The first kappa shape index (κ1) is 12.6. The molecule has 0 spiro atoms. The summed E-state index contributed by atoms with van der Waals surface area (Å²) < 4.78 is 36.5. The molecule has 0 aromatic heterocycles. The number of carbonyl (C=O) groups is 1. The van der Waals surface area contributed by atoms with E-state index in [1.54, 1.807) is 0 Å². The van der Waals surface area contributed by atoms with E-state index < -0.39 is 18.2 Å². The van der Waals surface area contributed by atoms with Gasteiger partial charge in [0.1, 0.15) is 0 Å². The largest absolute Gasteiger partial charge is 0.416 e. The molecule has 1 aliphatic rings. The molecule has 0 radical (unpaired) electrons. The van der Waals surface area contributed by atoms with Gasteiger partial charge in [-0.15, -0.1) is 0 Å². The van der Waals surface area contributed by atoms with Crippen LogP contribution in [-0.2, 0) is 9.63 Å². The van der Waals surface area contributed by atoms with E-state index in [1.165, 1.54) is 18.4 Å². The molecule has 1 rings (SSSR count). The van der Waals surface area contributed by atoms with E-state index in [0.29, 0.717) is 0 Å².